The maximum absolute atomic E-state index is 12.0. The van der Waals surface area contributed by atoms with E-state index in [-0.39, 0.29) is 30.0 Å². The van der Waals surface area contributed by atoms with Crippen LogP contribution in [0.3, 0.4) is 0 Å². The van der Waals surface area contributed by atoms with Gasteiger partial charge in [-0.05, 0) is 50.1 Å². The summed E-state index contributed by atoms with van der Waals surface area (Å²) < 4.78 is 0. The van der Waals surface area contributed by atoms with E-state index >= 15 is 0 Å². The molecule has 1 aliphatic heterocycles. The van der Waals surface area contributed by atoms with Crippen molar-refractivity contribution in [1.82, 2.24) is 5.32 Å². The van der Waals surface area contributed by atoms with Crippen LogP contribution in [0.2, 0.25) is 0 Å². The summed E-state index contributed by atoms with van der Waals surface area (Å²) in [5, 5.41) is 15.4. The van der Waals surface area contributed by atoms with E-state index in [0.29, 0.717) is 0 Å². The standard InChI is InChI=1S/C13H18N2O2.ClH/c1-9-7-11(16)4-5-12(9)15-13(17)10-3-2-6-14-8-10;/h4-5,7,10,14,16H,2-3,6,8H2,1H3,(H,15,17);1H/t10-;/m1./s1. The minimum atomic E-state index is 0. The van der Waals surface area contributed by atoms with Gasteiger partial charge in [0, 0.05) is 12.2 Å². The van der Waals surface area contributed by atoms with Crippen molar-refractivity contribution < 1.29 is 9.90 Å². The first-order chi connectivity index (χ1) is 8.16. The molecule has 0 spiro atoms. The molecule has 4 nitrogen and oxygen atoms in total. The molecule has 0 aliphatic carbocycles. The number of phenolic OH excluding ortho intramolecular Hbond substituents is 1. The molecule has 0 bridgehead atoms. The molecule has 1 fully saturated rings. The monoisotopic (exact) mass is 270 g/mol. The van der Waals surface area contributed by atoms with Gasteiger partial charge in [0.15, 0.2) is 0 Å². The van der Waals surface area contributed by atoms with Crippen molar-refractivity contribution in [1.29, 1.82) is 0 Å². The van der Waals surface area contributed by atoms with Gasteiger partial charge in [-0.15, -0.1) is 12.4 Å². The number of benzene rings is 1. The van der Waals surface area contributed by atoms with Crippen molar-refractivity contribution in [2.75, 3.05) is 18.4 Å². The average molecular weight is 271 g/mol. The number of piperidine rings is 1. The fourth-order valence-electron chi connectivity index (χ4n) is 2.10. The number of aryl methyl sites for hydroxylation is 1. The van der Waals surface area contributed by atoms with Crippen LogP contribution in [-0.2, 0) is 4.79 Å². The lowest BCUT2D eigenvalue weighted by Gasteiger charge is -2.22. The fraction of sp³-hybridized carbons (Fsp3) is 0.462. The second kappa shape index (κ2) is 6.61. The molecule has 0 unspecified atom stereocenters. The lowest BCUT2D eigenvalue weighted by atomic mass is 9.98. The minimum absolute atomic E-state index is 0. The predicted molar refractivity (Wildman–Crippen MR) is 74.3 cm³/mol. The Hall–Kier alpha value is -1.26. The second-order valence-electron chi connectivity index (χ2n) is 4.53. The Balaban J connectivity index is 0.00000162. The number of halogens is 1. The van der Waals surface area contributed by atoms with Crippen LogP contribution in [-0.4, -0.2) is 24.1 Å². The molecule has 0 saturated carbocycles. The normalized spacial score (nSPS) is 18.8. The number of rotatable bonds is 2. The molecule has 1 aromatic carbocycles. The molecule has 2 rings (SSSR count). The van der Waals surface area contributed by atoms with Crippen molar-refractivity contribution in [2.45, 2.75) is 19.8 Å². The molecule has 5 heteroatoms. The topological polar surface area (TPSA) is 61.4 Å². The van der Waals surface area contributed by atoms with E-state index < -0.39 is 0 Å². The third kappa shape index (κ3) is 3.62. The van der Waals surface area contributed by atoms with E-state index in [2.05, 4.69) is 10.6 Å². The lowest BCUT2D eigenvalue weighted by molar-refractivity contribution is -0.120. The van der Waals surface area contributed by atoms with Crippen LogP contribution in [0, 0.1) is 12.8 Å². The summed E-state index contributed by atoms with van der Waals surface area (Å²) in [5.74, 6) is 0.336. The number of carbonyl (C=O) groups is 1. The Morgan fingerprint density at radius 2 is 2.28 bits per heavy atom. The van der Waals surface area contributed by atoms with Gasteiger partial charge in [0.25, 0.3) is 0 Å². The summed E-state index contributed by atoms with van der Waals surface area (Å²) in [7, 11) is 0. The zero-order chi connectivity index (χ0) is 12.3. The average Bonchev–Trinajstić information content (AvgIpc) is 2.34. The number of hydrogen-bond donors (Lipinski definition) is 3. The van der Waals surface area contributed by atoms with Crippen molar-refractivity contribution in [2.24, 2.45) is 5.92 Å². The maximum Gasteiger partial charge on any atom is 0.228 e. The Morgan fingerprint density at radius 1 is 1.50 bits per heavy atom. The number of anilines is 1. The quantitative estimate of drug-likeness (QED) is 0.721. The highest BCUT2D eigenvalue weighted by molar-refractivity contribution is 5.93. The summed E-state index contributed by atoms with van der Waals surface area (Å²) in [6.07, 6.45) is 1.99. The van der Waals surface area contributed by atoms with Gasteiger partial charge in [-0.3, -0.25) is 4.79 Å². The molecule has 1 saturated heterocycles. The largest absolute Gasteiger partial charge is 0.508 e. The summed E-state index contributed by atoms with van der Waals surface area (Å²) >= 11 is 0. The number of hydrogen-bond acceptors (Lipinski definition) is 3. The van der Waals surface area contributed by atoms with Gasteiger partial charge in [0.05, 0.1) is 5.92 Å². The number of aromatic hydroxyl groups is 1. The molecule has 1 aliphatic rings. The van der Waals surface area contributed by atoms with E-state index in [9.17, 15) is 9.90 Å². The first-order valence-corrected chi connectivity index (χ1v) is 5.98. The van der Waals surface area contributed by atoms with Gasteiger partial charge < -0.3 is 15.7 Å². The summed E-state index contributed by atoms with van der Waals surface area (Å²) in [6, 6.07) is 4.97. The molecular formula is C13H19ClN2O2. The van der Waals surface area contributed by atoms with Crippen molar-refractivity contribution in [3.63, 3.8) is 0 Å². The van der Waals surface area contributed by atoms with Gasteiger partial charge in [-0.1, -0.05) is 0 Å². The lowest BCUT2D eigenvalue weighted by Crippen LogP contribution is -2.37. The number of nitrogens with one attached hydrogen (secondary N) is 2. The van der Waals surface area contributed by atoms with Crippen molar-refractivity contribution in [3.8, 4) is 5.75 Å². The van der Waals surface area contributed by atoms with E-state index in [1.165, 1.54) is 0 Å². The first kappa shape index (κ1) is 14.8. The highest BCUT2D eigenvalue weighted by Crippen LogP contribution is 2.21. The smallest absolute Gasteiger partial charge is 0.228 e. The van der Waals surface area contributed by atoms with E-state index in [1.807, 2.05) is 6.92 Å². The molecular weight excluding hydrogens is 252 g/mol. The van der Waals surface area contributed by atoms with Gasteiger partial charge in [0.2, 0.25) is 5.91 Å². The maximum atomic E-state index is 12.0. The minimum Gasteiger partial charge on any atom is -0.508 e. The first-order valence-electron chi connectivity index (χ1n) is 5.98. The van der Waals surface area contributed by atoms with Crippen LogP contribution in [0.25, 0.3) is 0 Å². The van der Waals surface area contributed by atoms with Gasteiger partial charge >= 0.3 is 0 Å². The number of phenols is 1. The third-order valence-corrected chi connectivity index (χ3v) is 3.14. The van der Waals surface area contributed by atoms with Crippen LogP contribution in [0.1, 0.15) is 18.4 Å². The molecule has 3 N–H and O–H groups in total. The van der Waals surface area contributed by atoms with Crippen LogP contribution >= 0.6 is 12.4 Å². The molecule has 0 aromatic heterocycles. The van der Waals surface area contributed by atoms with Crippen molar-refractivity contribution >= 4 is 24.0 Å². The van der Waals surface area contributed by atoms with E-state index in [1.54, 1.807) is 18.2 Å². The highest BCUT2D eigenvalue weighted by atomic mass is 35.5. The Morgan fingerprint density at radius 3 is 2.89 bits per heavy atom. The van der Waals surface area contributed by atoms with E-state index in [4.69, 9.17) is 0 Å². The summed E-state index contributed by atoms with van der Waals surface area (Å²) in [6.45, 7) is 3.62. The van der Waals surface area contributed by atoms with Crippen LogP contribution in [0.15, 0.2) is 18.2 Å². The molecule has 1 heterocycles. The number of carbonyl (C=O) groups excluding carboxylic acids is 1. The van der Waals surface area contributed by atoms with Crippen LogP contribution in [0.5, 0.6) is 5.75 Å². The summed E-state index contributed by atoms with van der Waals surface area (Å²) in [4.78, 5) is 12.0. The molecule has 0 radical (unpaired) electrons. The van der Waals surface area contributed by atoms with Gasteiger partial charge in [0.1, 0.15) is 5.75 Å². The van der Waals surface area contributed by atoms with Crippen molar-refractivity contribution in [3.05, 3.63) is 23.8 Å². The molecule has 1 atom stereocenters. The van der Waals surface area contributed by atoms with Gasteiger partial charge in [-0.2, -0.15) is 0 Å². The third-order valence-electron chi connectivity index (χ3n) is 3.14. The predicted octanol–water partition coefficient (Wildman–Crippen LogP) is 2.06. The molecule has 18 heavy (non-hydrogen) atoms. The second-order valence-corrected chi connectivity index (χ2v) is 4.53. The highest BCUT2D eigenvalue weighted by Gasteiger charge is 2.21. The molecule has 1 amide bonds. The fourth-order valence-corrected chi connectivity index (χ4v) is 2.10. The zero-order valence-electron chi connectivity index (χ0n) is 10.4. The van der Waals surface area contributed by atoms with Crippen LogP contribution in [0.4, 0.5) is 5.69 Å². The molecule has 1 aromatic rings. The summed E-state index contributed by atoms with van der Waals surface area (Å²) in [5.41, 5.74) is 1.65. The van der Waals surface area contributed by atoms with E-state index in [0.717, 1.165) is 37.2 Å². The Bertz CT molecular complexity index is 417. The Kier molecular flexibility index (Phi) is 5.44. The number of amides is 1. The Labute approximate surface area is 113 Å². The molecule has 100 valence electrons. The SMILES string of the molecule is Cc1cc(O)ccc1NC(=O)[C@@H]1CCCNC1.Cl. The zero-order valence-corrected chi connectivity index (χ0v) is 11.2. The van der Waals surface area contributed by atoms with Gasteiger partial charge in [-0.25, -0.2) is 0 Å². The van der Waals surface area contributed by atoms with Crippen LogP contribution < -0.4 is 10.6 Å².